The summed E-state index contributed by atoms with van der Waals surface area (Å²) in [6.07, 6.45) is -0.991. The highest BCUT2D eigenvalue weighted by Gasteiger charge is 2.22. The zero-order valence-electron chi connectivity index (χ0n) is 16.4. The van der Waals surface area contributed by atoms with Crippen molar-refractivity contribution < 1.29 is 28.2 Å². The van der Waals surface area contributed by atoms with Crippen molar-refractivity contribution in [2.75, 3.05) is 20.8 Å². The first kappa shape index (κ1) is 21.2. The molecule has 0 fully saturated rings. The number of ether oxygens (including phenoxy) is 3. The lowest BCUT2D eigenvalue weighted by Crippen LogP contribution is -2.37. The zero-order chi connectivity index (χ0) is 20.7. The van der Waals surface area contributed by atoms with E-state index in [1.807, 2.05) is 13.0 Å². The van der Waals surface area contributed by atoms with Crippen molar-refractivity contribution in [1.29, 1.82) is 0 Å². The monoisotopic (exact) mass is 389 g/mol. The molecular formula is C21H24FNO5. The molecule has 0 aliphatic heterocycles. The predicted molar refractivity (Wildman–Crippen MR) is 102 cm³/mol. The lowest BCUT2D eigenvalue weighted by atomic mass is 10.2. The Labute approximate surface area is 163 Å². The van der Waals surface area contributed by atoms with E-state index in [1.165, 1.54) is 31.1 Å². The summed E-state index contributed by atoms with van der Waals surface area (Å²) >= 11 is 0. The maximum atomic E-state index is 13.3. The fourth-order valence-corrected chi connectivity index (χ4v) is 2.61. The van der Waals surface area contributed by atoms with Crippen LogP contribution < -0.4 is 9.47 Å². The predicted octanol–water partition coefficient (Wildman–Crippen LogP) is 3.11. The van der Waals surface area contributed by atoms with Crippen LogP contribution in [0.15, 0.2) is 42.5 Å². The number of methoxy groups -OCH3 is 1. The minimum Gasteiger partial charge on any atom is -0.493 e. The lowest BCUT2D eigenvalue weighted by molar-refractivity contribution is -0.160. The molecule has 0 N–H and O–H groups in total. The summed E-state index contributed by atoms with van der Waals surface area (Å²) in [5.74, 6) is -0.534. The van der Waals surface area contributed by atoms with Crippen LogP contribution in [0.4, 0.5) is 4.39 Å². The van der Waals surface area contributed by atoms with Crippen molar-refractivity contribution in [3.05, 3.63) is 59.4 Å². The number of benzene rings is 2. The fraction of sp³-hybridized carbons (Fsp3) is 0.333. The normalized spacial score (nSPS) is 11.5. The molecule has 0 spiro atoms. The molecule has 1 atom stereocenters. The number of halogens is 1. The summed E-state index contributed by atoms with van der Waals surface area (Å²) in [6, 6.07) is 11.3. The summed E-state index contributed by atoms with van der Waals surface area (Å²) in [6.45, 7) is 3.24. The molecule has 0 radical (unpaired) electrons. The molecule has 7 heteroatoms. The van der Waals surface area contributed by atoms with Gasteiger partial charge in [0.1, 0.15) is 5.82 Å². The van der Waals surface area contributed by atoms with E-state index in [9.17, 15) is 14.0 Å². The summed E-state index contributed by atoms with van der Waals surface area (Å²) in [5, 5.41) is 0. The number of amides is 1. The van der Waals surface area contributed by atoms with Crippen LogP contribution in [-0.4, -0.2) is 43.6 Å². The summed E-state index contributed by atoms with van der Waals surface area (Å²) < 4.78 is 29.0. The van der Waals surface area contributed by atoms with Gasteiger partial charge in [-0.15, -0.1) is 0 Å². The minimum atomic E-state index is -0.991. The number of carbonyl (C=O) groups excluding carboxylic acids is 2. The van der Waals surface area contributed by atoms with Gasteiger partial charge in [0.05, 0.1) is 7.11 Å². The molecule has 2 aromatic rings. The van der Waals surface area contributed by atoms with Gasteiger partial charge in [-0.1, -0.05) is 18.2 Å². The number of nitrogens with zero attached hydrogens (tertiary/aromatic N) is 1. The van der Waals surface area contributed by atoms with E-state index in [-0.39, 0.29) is 19.0 Å². The SMILES string of the molecule is COc1cc(C)ccc1OCC(=O)OC(C)C(=O)N(C)Cc1cccc(F)c1. The van der Waals surface area contributed by atoms with Gasteiger partial charge in [0.15, 0.2) is 24.2 Å². The second-order valence-electron chi connectivity index (χ2n) is 6.40. The van der Waals surface area contributed by atoms with Gasteiger partial charge in [-0.05, 0) is 49.2 Å². The van der Waals surface area contributed by atoms with Crippen molar-refractivity contribution in [3.8, 4) is 11.5 Å². The van der Waals surface area contributed by atoms with Gasteiger partial charge >= 0.3 is 5.97 Å². The summed E-state index contributed by atoms with van der Waals surface area (Å²) in [4.78, 5) is 25.8. The number of aryl methyl sites for hydroxylation is 1. The van der Waals surface area contributed by atoms with Gasteiger partial charge < -0.3 is 19.1 Å². The summed E-state index contributed by atoms with van der Waals surface area (Å²) in [7, 11) is 3.07. The van der Waals surface area contributed by atoms with E-state index in [0.717, 1.165) is 5.56 Å². The number of hydrogen-bond acceptors (Lipinski definition) is 5. The largest absolute Gasteiger partial charge is 0.493 e. The maximum Gasteiger partial charge on any atom is 0.344 e. The standard InChI is InChI=1S/C21H24FNO5/c1-14-8-9-18(19(10-14)26-4)27-13-20(24)28-15(2)21(25)23(3)12-16-6-5-7-17(22)11-16/h5-11,15H,12-13H2,1-4H3. The summed E-state index contributed by atoms with van der Waals surface area (Å²) in [5.41, 5.74) is 1.64. The van der Waals surface area contributed by atoms with Crippen LogP contribution in [-0.2, 0) is 20.9 Å². The zero-order valence-corrected chi connectivity index (χ0v) is 16.4. The van der Waals surface area contributed by atoms with Gasteiger partial charge in [-0.3, -0.25) is 4.79 Å². The third-order valence-corrected chi connectivity index (χ3v) is 4.01. The molecular weight excluding hydrogens is 365 g/mol. The Morgan fingerprint density at radius 1 is 1.14 bits per heavy atom. The van der Waals surface area contributed by atoms with Crippen LogP contribution >= 0.6 is 0 Å². The number of hydrogen-bond donors (Lipinski definition) is 0. The molecule has 0 saturated heterocycles. The molecule has 2 aromatic carbocycles. The second-order valence-corrected chi connectivity index (χ2v) is 6.40. The van der Waals surface area contributed by atoms with Crippen molar-refractivity contribution in [1.82, 2.24) is 4.90 Å². The Bertz CT molecular complexity index is 839. The van der Waals surface area contributed by atoms with Crippen molar-refractivity contribution >= 4 is 11.9 Å². The van der Waals surface area contributed by atoms with E-state index in [1.54, 1.807) is 31.3 Å². The molecule has 0 saturated carbocycles. The quantitative estimate of drug-likeness (QED) is 0.649. The Morgan fingerprint density at radius 2 is 1.89 bits per heavy atom. The topological polar surface area (TPSA) is 65.1 Å². The molecule has 1 amide bonds. The van der Waals surface area contributed by atoms with E-state index in [4.69, 9.17) is 14.2 Å². The van der Waals surface area contributed by atoms with Crippen LogP contribution in [0.3, 0.4) is 0 Å². The smallest absolute Gasteiger partial charge is 0.344 e. The highest BCUT2D eigenvalue weighted by atomic mass is 19.1. The number of likely N-dealkylation sites (N-methyl/N-ethyl adjacent to an activating group) is 1. The molecule has 6 nitrogen and oxygen atoms in total. The molecule has 0 bridgehead atoms. The highest BCUT2D eigenvalue weighted by molar-refractivity contribution is 5.83. The average molecular weight is 389 g/mol. The molecule has 0 aliphatic rings. The van der Waals surface area contributed by atoms with Gasteiger partial charge in [0, 0.05) is 13.6 Å². The van der Waals surface area contributed by atoms with E-state index in [2.05, 4.69) is 0 Å². The van der Waals surface area contributed by atoms with Gasteiger partial charge in [-0.2, -0.15) is 0 Å². The minimum absolute atomic E-state index is 0.204. The van der Waals surface area contributed by atoms with Crippen LogP contribution in [0.5, 0.6) is 11.5 Å². The van der Waals surface area contributed by atoms with E-state index >= 15 is 0 Å². The van der Waals surface area contributed by atoms with Gasteiger partial charge in [-0.25, -0.2) is 9.18 Å². The first-order valence-corrected chi connectivity index (χ1v) is 8.76. The third kappa shape index (κ3) is 5.97. The van der Waals surface area contributed by atoms with Crippen LogP contribution in [0.2, 0.25) is 0 Å². The molecule has 0 heterocycles. The van der Waals surface area contributed by atoms with E-state index in [0.29, 0.717) is 17.1 Å². The Morgan fingerprint density at radius 3 is 2.57 bits per heavy atom. The first-order valence-electron chi connectivity index (χ1n) is 8.76. The molecule has 1 unspecified atom stereocenters. The Kier molecular flexibility index (Phi) is 7.37. The molecule has 0 aliphatic carbocycles. The van der Waals surface area contributed by atoms with Gasteiger partial charge in [0.25, 0.3) is 5.91 Å². The Hall–Kier alpha value is -3.09. The molecule has 2 rings (SSSR count). The fourth-order valence-electron chi connectivity index (χ4n) is 2.61. The Balaban J connectivity index is 1.86. The molecule has 28 heavy (non-hydrogen) atoms. The first-order chi connectivity index (χ1) is 13.3. The van der Waals surface area contributed by atoms with E-state index < -0.39 is 18.0 Å². The van der Waals surface area contributed by atoms with Gasteiger partial charge in [0.2, 0.25) is 0 Å². The van der Waals surface area contributed by atoms with Crippen molar-refractivity contribution in [2.24, 2.45) is 0 Å². The van der Waals surface area contributed by atoms with Crippen LogP contribution in [0, 0.1) is 12.7 Å². The second kappa shape index (κ2) is 9.73. The van der Waals surface area contributed by atoms with Crippen molar-refractivity contribution in [2.45, 2.75) is 26.5 Å². The van der Waals surface area contributed by atoms with Crippen molar-refractivity contribution in [3.63, 3.8) is 0 Å². The van der Waals surface area contributed by atoms with Crippen LogP contribution in [0.25, 0.3) is 0 Å². The number of rotatable bonds is 8. The molecule has 150 valence electrons. The average Bonchev–Trinajstić information content (AvgIpc) is 2.66. The maximum absolute atomic E-state index is 13.3. The highest BCUT2D eigenvalue weighted by Crippen LogP contribution is 2.27. The lowest BCUT2D eigenvalue weighted by Gasteiger charge is -2.21. The van der Waals surface area contributed by atoms with Crippen LogP contribution in [0.1, 0.15) is 18.1 Å². The number of esters is 1. The molecule has 0 aromatic heterocycles. The third-order valence-electron chi connectivity index (χ3n) is 4.01. The number of carbonyl (C=O) groups is 2.